The average Bonchev–Trinajstić information content (AvgIpc) is 3.07. The molecule has 0 saturated heterocycles. The third kappa shape index (κ3) is 2.31. The number of rotatable bonds is 3. The van der Waals surface area contributed by atoms with E-state index in [1.54, 1.807) is 6.26 Å². The van der Waals surface area contributed by atoms with Gasteiger partial charge < -0.3 is 14.7 Å². The maximum Gasteiger partial charge on any atom is 0.238 e. The highest BCUT2D eigenvalue weighted by atomic mass is 16.5. The predicted molar refractivity (Wildman–Crippen MR) is 79.7 cm³/mol. The minimum atomic E-state index is -0.403. The van der Waals surface area contributed by atoms with Crippen molar-refractivity contribution in [3.05, 3.63) is 53.6 Å². The number of hydrogen-bond donors (Lipinski definition) is 1. The number of anilines is 1. The van der Waals surface area contributed by atoms with Crippen LogP contribution in [0.4, 0.5) is 5.69 Å². The molecule has 0 radical (unpaired) electrons. The maximum atomic E-state index is 5.73. The molecule has 3 aromatic rings. The third-order valence-electron chi connectivity index (χ3n) is 3.66. The molecule has 0 aliphatic carbocycles. The minimum Gasteiger partial charge on any atom is -0.461 e. The highest BCUT2D eigenvalue weighted by Gasteiger charge is 2.30. The van der Waals surface area contributed by atoms with Crippen LogP contribution in [0.25, 0.3) is 11.6 Å². The zero-order chi connectivity index (χ0) is 15.0. The van der Waals surface area contributed by atoms with Crippen LogP contribution in [0.3, 0.4) is 0 Å². The number of aryl methyl sites for hydroxylation is 1. The van der Waals surface area contributed by atoms with Gasteiger partial charge in [0.1, 0.15) is 0 Å². The molecule has 0 aliphatic rings. The molecule has 21 heavy (non-hydrogen) atoms. The largest absolute Gasteiger partial charge is 0.461 e. The first-order chi connectivity index (χ1) is 9.98. The summed E-state index contributed by atoms with van der Waals surface area (Å²) in [6.45, 7) is 6.01. The summed E-state index contributed by atoms with van der Waals surface area (Å²) in [6, 6.07) is 9.54. The van der Waals surface area contributed by atoms with E-state index in [0.29, 0.717) is 17.5 Å². The van der Waals surface area contributed by atoms with Crippen molar-refractivity contribution in [2.75, 3.05) is 5.73 Å². The second-order valence-corrected chi connectivity index (χ2v) is 5.60. The van der Waals surface area contributed by atoms with E-state index in [9.17, 15) is 0 Å². The summed E-state index contributed by atoms with van der Waals surface area (Å²) in [6.07, 6.45) is 1.62. The highest BCUT2D eigenvalue weighted by molar-refractivity contribution is 5.51. The number of benzene rings is 1. The summed E-state index contributed by atoms with van der Waals surface area (Å²) < 4.78 is 10.8. The van der Waals surface area contributed by atoms with E-state index in [1.165, 1.54) is 0 Å². The lowest BCUT2D eigenvalue weighted by molar-refractivity contribution is 0.332. The summed E-state index contributed by atoms with van der Waals surface area (Å²) in [7, 11) is 0. The first kappa shape index (κ1) is 13.4. The number of furan rings is 1. The van der Waals surface area contributed by atoms with E-state index in [4.69, 9.17) is 14.7 Å². The molecule has 0 spiro atoms. The molecule has 2 N–H and O–H groups in total. The SMILES string of the molecule is Cc1ccoc1-c1noc(C(C)(C)c2ccc(N)cc2)n1. The number of nitrogen functional groups attached to an aromatic ring is 1. The predicted octanol–water partition coefficient (Wildman–Crippen LogP) is 3.55. The van der Waals surface area contributed by atoms with Gasteiger partial charge in [0, 0.05) is 5.69 Å². The first-order valence-corrected chi connectivity index (χ1v) is 6.73. The molecule has 0 fully saturated rings. The van der Waals surface area contributed by atoms with Crippen molar-refractivity contribution in [3.63, 3.8) is 0 Å². The molecule has 1 aromatic carbocycles. The van der Waals surface area contributed by atoms with Gasteiger partial charge in [-0.2, -0.15) is 4.98 Å². The smallest absolute Gasteiger partial charge is 0.238 e. The summed E-state index contributed by atoms with van der Waals surface area (Å²) in [5.74, 6) is 1.65. The molecule has 3 rings (SSSR count). The van der Waals surface area contributed by atoms with Crippen LogP contribution < -0.4 is 5.73 Å². The molecule has 0 amide bonds. The van der Waals surface area contributed by atoms with Crippen molar-refractivity contribution in [1.29, 1.82) is 0 Å². The summed E-state index contributed by atoms with van der Waals surface area (Å²) in [4.78, 5) is 4.48. The summed E-state index contributed by atoms with van der Waals surface area (Å²) in [5, 5.41) is 4.02. The Labute approximate surface area is 122 Å². The molecule has 0 unspecified atom stereocenters. The Morgan fingerprint density at radius 1 is 1.10 bits per heavy atom. The average molecular weight is 283 g/mol. The van der Waals surface area contributed by atoms with Crippen molar-refractivity contribution in [3.8, 4) is 11.6 Å². The molecule has 0 aliphatic heterocycles. The zero-order valence-corrected chi connectivity index (χ0v) is 12.3. The number of nitrogens with two attached hydrogens (primary N) is 1. The van der Waals surface area contributed by atoms with Gasteiger partial charge in [0.15, 0.2) is 5.76 Å². The molecule has 0 atom stereocenters. The van der Waals surface area contributed by atoms with Crippen LogP contribution in [0.1, 0.15) is 30.9 Å². The summed E-state index contributed by atoms with van der Waals surface area (Å²) >= 11 is 0. The molecule has 2 aromatic heterocycles. The Balaban J connectivity index is 1.98. The van der Waals surface area contributed by atoms with Gasteiger partial charge in [0.05, 0.1) is 11.7 Å². The van der Waals surface area contributed by atoms with Gasteiger partial charge in [-0.1, -0.05) is 17.3 Å². The first-order valence-electron chi connectivity index (χ1n) is 6.73. The van der Waals surface area contributed by atoms with Crippen LogP contribution in [0.2, 0.25) is 0 Å². The zero-order valence-electron chi connectivity index (χ0n) is 12.3. The van der Waals surface area contributed by atoms with Gasteiger partial charge in [0.2, 0.25) is 11.7 Å². The molecule has 5 heteroatoms. The molecule has 0 saturated carbocycles. The van der Waals surface area contributed by atoms with Gasteiger partial charge >= 0.3 is 0 Å². The Morgan fingerprint density at radius 3 is 2.43 bits per heavy atom. The molecule has 2 heterocycles. The number of nitrogens with zero attached hydrogens (tertiary/aromatic N) is 2. The molecule has 5 nitrogen and oxygen atoms in total. The third-order valence-corrected chi connectivity index (χ3v) is 3.66. The van der Waals surface area contributed by atoms with Crippen LogP contribution in [0, 0.1) is 6.92 Å². The van der Waals surface area contributed by atoms with E-state index >= 15 is 0 Å². The summed E-state index contributed by atoms with van der Waals surface area (Å²) in [5.41, 5.74) is 8.09. The Kier molecular flexibility index (Phi) is 3.05. The fourth-order valence-corrected chi connectivity index (χ4v) is 2.19. The minimum absolute atomic E-state index is 0.403. The Hall–Kier alpha value is -2.56. The van der Waals surface area contributed by atoms with E-state index in [1.807, 2.05) is 51.1 Å². The Bertz CT molecular complexity index is 754. The maximum absolute atomic E-state index is 5.73. The van der Waals surface area contributed by atoms with E-state index in [-0.39, 0.29) is 0 Å². The molecule has 0 bridgehead atoms. The molecular formula is C16H17N3O2. The van der Waals surface area contributed by atoms with Gasteiger partial charge in [-0.05, 0) is 50.1 Å². The lowest BCUT2D eigenvalue weighted by atomic mass is 9.84. The van der Waals surface area contributed by atoms with Crippen LogP contribution in [0.15, 0.2) is 45.5 Å². The van der Waals surface area contributed by atoms with Crippen LogP contribution >= 0.6 is 0 Å². The van der Waals surface area contributed by atoms with Crippen LogP contribution in [-0.2, 0) is 5.41 Å². The van der Waals surface area contributed by atoms with Crippen molar-refractivity contribution < 1.29 is 8.94 Å². The fraction of sp³-hybridized carbons (Fsp3) is 0.250. The van der Waals surface area contributed by atoms with Crippen molar-refractivity contribution in [1.82, 2.24) is 10.1 Å². The fourth-order valence-electron chi connectivity index (χ4n) is 2.19. The van der Waals surface area contributed by atoms with E-state index < -0.39 is 5.41 Å². The lowest BCUT2D eigenvalue weighted by Crippen LogP contribution is -2.19. The number of aromatic nitrogens is 2. The standard InChI is InChI=1S/C16H17N3O2/c1-10-8-9-20-13(10)14-18-15(21-19-14)16(2,3)11-4-6-12(17)7-5-11/h4-9H,17H2,1-3H3. The number of hydrogen-bond acceptors (Lipinski definition) is 5. The second kappa shape index (κ2) is 4.77. The van der Waals surface area contributed by atoms with Crippen LogP contribution in [-0.4, -0.2) is 10.1 Å². The van der Waals surface area contributed by atoms with E-state index in [2.05, 4.69) is 10.1 Å². The van der Waals surface area contributed by atoms with Crippen LogP contribution in [0.5, 0.6) is 0 Å². The normalized spacial score (nSPS) is 11.8. The van der Waals surface area contributed by atoms with Gasteiger partial charge in [-0.15, -0.1) is 0 Å². The monoisotopic (exact) mass is 283 g/mol. The van der Waals surface area contributed by atoms with Crippen molar-refractivity contribution >= 4 is 5.69 Å². The highest BCUT2D eigenvalue weighted by Crippen LogP contribution is 2.32. The van der Waals surface area contributed by atoms with Gasteiger partial charge in [-0.25, -0.2) is 0 Å². The Morgan fingerprint density at radius 2 is 1.81 bits per heavy atom. The quantitative estimate of drug-likeness (QED) is 0.744. The van der Waals surface area contributed by atoms with Gasteiger partial charge in [-0.3, -0.25) is 0 Å². The lowest BCUT2D eigenvalue weighted by Gasteiger charge is -2.20. The van der Waals surface area contributed by atoms with Crippen molar-refractivity contribution in [2.45, 2.75) is 26.2 Å². The van der Waals surface area contributed by atoms with E-state index in [0.717, 1.165) is 16.8 Å². The topological polar surface area (TPSA) is 78.1 Å². The van der Waals surface area contributed by atoms with Gasteiger partial charge in [0.25, 0.3) is 0 Å². The molecule has 108 valence electrons. The molecular weight excluding hydrogens is 266 g/mol. The van der Waals surface area contributed by atoms with Crippen molar-refractivity contribution in [2.24, 2.45) is 0 Å². The second-order valence-electron chi connectivity index (χ2n) is 5.60.